The van der Waals surface area contributed by atoms with Crippen molar-refractivity contribution in [2.45, 2.75) is 245 Å². The number of unbranched alkanes of at least 4 members (excludes halogenated alkanes) is 20. The van der Waals surface area contributed by atoms with Crippen LogP contribution in [0.2, 0.25) is 0 Å². The summed E-state index contributed by atoms with van der Waals surface area (Å²) in [7, 11) is 0. The standard InChI is InChI=1S/C20H41NO3.C18H39NO2.C2H3ClO/c1-4-5-6-7-8-9-10-11-12-13-14-15-19(23)16-20(24)17(2)21-18(3)22;1-3-4-5-6-7-8-9-10-11-12-13-14-17(20)15-18(21)16(2)19;1-2(3)4/h17,19-20,23-24H,4-16H2,1-3H3,(H,21,22);16-18,20-21H,3-15,19H2,1-2H3;1H3/t17?,19-,20-;16?,17-,18-;/m00./s1. The van der Waals surface area contributed by atoms with Gasteiger partial charge in [0.05, 0.1) is 30.5 Å². The molecule has 7 N–H and O–H groups in total. The van der Waals surface area contributed by atoms with Gasteiger partial charge in [-0.05, 0) is 38.3 Å². The Morgan fingerprint density at radius 1 is 0.551 bits per heavy atom. The predicted molar refractivity (Wildman–Crippen MR) is 209 cm³/mol. The van der Waals surface area contributed by atoms with Crippen LogP contribution in [0.4, 0.5) is 0 Å². The minimum atomic E-state index is -0.684. The first kappa shape index (κ1) is 52.6. The van der Waals surface area contributed by atoms with Crippen LogP contribution in [0, 0.1) is 0 Å². The molecule has 0 saturated carbocycles. The fourth-order valence-electron chi connectivity index (χ4n) is 5.72. The first-order valence-electron chi connectivity index (χ1n) is 20.2. The number of carbonyl (C=O) groups excluding carboxylic acids is 2. The minimum Gasteiger partial charge on any atom is -0.393 e. The third kappa shape index (κ3) is 47.2. The average Bonchev–Trinajstić information content (AvgIpc) is 3.02. The van der Waals surface area contributed by atoms with Crippen LogP contribution in [0.3, 0.4) is 0 Å². The van der Waals surface area contributed by atoms with Crippen molar-refractivity contribution < 1.29 is 30.0 Å². The fourth-order valence-corrected chi connectivity index (χ4v) is 5.72. The highest BCUT2D eigenvalue weighted by atomic mass is 35.5. The number of hydrogen-bond acceptors (Lipinski definition) is 7. The van der Waals surface area contributed by atoms with Crippen LogP contribution in [0.5, 0.6) is 0 Å². The zero-order chi connectivity index (χ0) is 37.7. The highest BCUT2D eigenvalue weighted by molar-refractivity contribution is 6.62. The Morgan fingerprint density at radius 2 is 0.816 bits per heavy atom. The monoisotopic (exact) mass is 723 g/mol. The van der Waals surface area contributed by atoms with Crippen LogP contribution < -0.4 is 11.1 Å². The lowest BCUT2D eigenvalue weighted by molar-refractivity contribution is -0.120. The summed E-state index contributed by atoms with van der Waals surface area (Å²) >= 11 is 4.64. The van der Waals surface area contributed by atoms with E-state index in [4.69, 9.17) is 5.73 Å². The molecule has 0 radical (unpaired) electrons. The summed E-state index contributed by atoms with van der Waals surface area (Å²) in [5.74, 6) is -0.151. The Kier molecular flexibility index (Phi) is 42.9. The van der Waals surface area contributed by atoms with Crippen molar-refractivity contribution in [3.05, 3.63) is 0 Å². The molecule has 0 aromatic rings. The smallest absolute Gasteiger partial charge is 0.218 e. The molecular weight excluding hydrogens is 640 g/mol. The minimum absolute atomic E-state index is 0.151. The van der Waals surface area contributed by atoms with Gasteiger partial charge in [-0.25, -0.2) is 0 Å². The summed E-state index contributed by atoms with van der Waals surface area (Å²) in [5.41, 5.74) is 5.58. The van der Waals surface area contributed by atoms with E-state index in [1.807, 2.05) is 0 Å². The van der Waals surface area contributed by atoms with Crippen molar-refractivity contribution in [3.8, 4) is 0 Å². The van der Waals surface area contributed by atoms with E-state index in [1.54, 1.807) is 13.8 Å². The molecule has 0 aliphatic heterocycles. The zero-order valence-corrected chi connectivity index (χ0v) is 33.7. The van der Waals surface area contributed by atoms with Crippen LogP contribution in [0.1, 0.15) is 208 Å². The number of halogens is 1. The predicted octanol–water partition coefficient (Wildman–Crippen LogP) is 9.24. The molecule has 0 aromatic heterocycles. The molecule has 0 aliphatic rings. The molecule has 0 bridgehead atoms. The molecule has 9 heteroatoms. The van der Waals surface area contributed by atoms with Crippen LogP contribution in [0.15, 0.2) is 0 Å². The Bertz CT molecular complexity index is 696. The van der Waals surface area contributed by atoms with Gasteiger partial charge in [0.25, 0.3) is 0 Å². The van der Waals surface area contributed by atoms with E-state index < -0.39 is 24.4 Å². The Morgan fingerprint density at radius 3 is 1.08 bits per heavy atom. The largest absolute Gasteiger partial charge is 0.393 e. The maximum Gasteiger partial charge on any atom is 0.218 e. The summed E-state index contributed by atoms with van der Waals surface area (Å²) in [6.07, 6.45) is 28.9. The molecule has 0 aromatic carbocycles. The normalized spacial score (nSPS) is 14.7. The second-order valence-corrected chi connectivity index (χ2v) is 14.9. The summed E-state index contributed by atoms with van der Waals surface area (Å²) in [4.78, 5) is 20.2. The number of nitrogens with two attached hydrogens (primary N) is 1. The van der Waals surface area contributed by atoms with E-state index in [1.165, 1.54) is 136 Å². The first-order valence-corrected chi connectivity index (χ1v) is 20.6. The van der Waals surface area contributed by atoms with Crippen molar-refractivity contribution in [1.82, 2.24) is 5.32 Å². The number of rotatable bonds is 31. The molecule has 2 unspecified atom stereocenters. The molecule has 6 atom stereocenters. The Hall–Kier alpha value is -0.770. The third-order valence-corrected chi connectivity index (χ3v) is 8.92. The van der Waals surface area contributed by atoms with Crippen LogP contribution >= 0.6 is 11.6 Å². The highest BCUT2D eigenvalue weighted by Gasteiger charge is 2.19. The number of carbonyl (C=O) groups is 2. The van der Waals surface area contributed by atoms with Gasteiger partial charge in [-0.1, -0.05) is 155 Å². The van der Waals surface area contributed by atoms with Crippen molar-refractivity contribution in [1.29, 1.82) is 0 Å². The second kappa shape index (κ2) is 40.0. The van der Waals surface area contributed by atoms with Gasteiger partial charge in [-0.15, -0.1) is 0 Å². The topological polar surface area (TPSA) is 153 Å². The van der Waals surface area contributed by atoms with Crippen LogP contribution in [-0.2, 0) is 9.59 Å². The maximum atomic E-state index is 10.9. The van der Waals surface area contributed by atoms with Crippen molar-refractivity contribution in [2.75, 3.05) is 0 Å². The molecule has 0 heterocycles. The molecule has 0 saturated heterocycles. The Labute approximate surface area is 308 Å². The van der Waals surface area contributed by atoms with E-state index in [0.29, 0.717) is 12.8 Å². The van der Waals surface area contributed by atoms with E-state index in [9.17, 15) is 30.0 Å². The maximum absolute atomic E-state index is 10.9. The number of amides is 1. The average molecular weight is 724 g/mol. The molecule has 0 rings (SSSR count). The van der Waals surface area contributed by atoms with Gasteiger partial charge < -0.3 is 31.5 Å². The van der Waals surface area contributed by atoms with Crippen LogP contribution in [0.25, 0.3) is 0 Å². The zero-order valence-electron chi connectivity index (χ0n) is 32.9. The van der Waals surface area contributed by atoms with Crippen molar-refractivity contribution >= 4 is 22.8 Å². The van der Waals surface area contributed by atoms with Crippen molar-refractivity contribution in [2.24, 2.45) is 5.73 Å². The lowest BCUT2D eigenvalue weighted by atomic mass is 10.00. The fraction of sp³-hybridized carbons (Fsp3) is 0.950. The van der Waals surface area contributed by atoms with Gasteiger partial charge in [0.1, 0.15) is 0 Å². The van der Waals surface area contributed by atoms with E-state index in [-0.39, 0.29) is 23.2 Å². The lowest BCUT2D eigenvalue weighted by Gasteiger charge is -2.22. The molecule has 49 heavy (non-hydrogen) atoms. The number of hydrogen-bond donors (Lipinski definition) is 6. The first-order chi connectivity index (χ1) is 23.3. The highest BCUT2D eigenvalue weighted by Crippen LogP contribution is 2.16. The summed E-state index contributed by atoms with van der Waals surface area (Å²) in [6.45, 7) is 10.8. The number of aliphatic hydroxyl groups excluding tert-OH is 4. The number of aliphatic hydroxyl groups is 4. The second-order valence-electron chi connectivity index (χ2n) is 14.4. The molecular formula is C40H83ClN2O6. The summed E-state index contributed by atoms with van der Waals surface area (Å²) in [6, 6.07) is -0.563. The van der Waals surface area contributed by atoms with Crippen molar-refractivity contribution in [3.63, 3.8) is 0 Å². The van der Waals surface area contributed by atoms with E-state index in [2.05, 4.69) is 30.8 Å². The van der Waals surface area contributed by atoms with Gasteiger partial charge >= 0.3 is 0 Å². The molecule has 8 nitrogen and oxygen atoms in total. The van der Waals surface area contributed by atoms with Gasteiger partial charge in [-0.3, -0.25) is 9.59 Å². The summed E-state index contributed by atoms with van der Waals surface area (Å²) < 4.78 is 0. The summed E-state index contributed by atoms with van der Waals surface area (Å²) in [5, 5.41) is 41.6. The van der Waals surface area contributed by atoms with Gasteiger partial charge in [0, 0.05) is 32.7 Å². The molecule has 296 valence electrons. The van der Waals surface area contributed by atoms with E-state index >= 15 is 0 Å². The molecule has 0 fully saturated rings. The third-order valence-electron chi connectivity index (χ3n) is 8.92. The Balaban J connectivity index is -0.000000782. The van der Waals surface area contributed by atoms with Crippen LogP contribution in [-0.4, -0.2) is 68.1 Å². The van der Waals surface area contributed by atoms with Gasteiger partial charge in [-0.2, -0.15) is 0 Å². The quantitative estimate of drug-likeness (QED) is 0.0308. The van der Waals surface area contributed by atoms with Gasteiger partial charge in [0.2, 0.25) is 11.1 Å². The molecule has 1 amide bonds. The SMILES string of the molecule is CC(=O)Cl.CCCCCCCCCCCCC[C@H](O)C[C@H](O)C(C)N.CCCCCCCCCCCCC[C@H](O)C[C@H](O)C(C)NC(C)=O. The number of nitrogens with one attached hydrogen (secondary N) is 1. The lowest BCUT2D eigenvalue weighted by Crippen LogP contribution is -2.41. The van der Waals surface area contributed by atoms with E-state index in [0.717, 1.165) is 32.1 Å². The molecule has 0 spiro atoms. The van der Waals surface area contributed by atoms with Gasteiger partial charge in [0.15, 0.2) is 0 Å². The molecule has 0 aliphatic carbocycles.